The fourth-order valence-corrected chi connectivity index (χ4v) is 1.38. The first kappa shape index (κ1) is 14.0. The predicted molar refractivity (Wildman–Crippen MR) is 69.8 cm³/mol. The molecule has 1 N–H and O–H groups in total. The lowest BCUT2D eigenvalue weighted by Gasteiger charge is -2.06. The Balaban J connectivity index is 2.15. The van der Waals surface area contributed by atoms with Gasteiger partial charge in [0.1, 0.15) is 12.0 Å². The van der Waals surface area contributed by atoms with Gasteiger partial charge in [0.2, 0.25) is 5.91 Å². The number of nitrogens with one attached hydrogen (secondary N) is 1. The summed E-state index contributed by atoms with van der Waals surface area (Å²) in [5.41, 5.74) is 0.603. The minimum atomic E-state index is -0.158. The molecule has 0 aliphatic heterocycles. The average molecular weight is 247 g/mol. The maximum absolute atomic E-state index is 10.8. The van der Waals surface area contributed by atoms with E-state index >= 15 is 0 Å². The van der Waals surface area contributed by atoms with Gasteiger partial charge >= 0.3 is 0 Å². The fourth-order valence-electron chi connectivity index (χ4n) is 1.38. The molecule has 0 aliphatic rings. The number of carbonyl (C=O) groups excluding carboxylic acids is 2. The van der Waals surface area contributed by atoms with Gasteiger partial charge < -0.3 is 10.1 Å². The molecule has 4 heteroatoms. The number of amides is 1. The highest BCUT2D eigenvalue weighted by Gasteiger charge is 1.97. The molecule has 0 saturated heterocycles. The van der Waals surface area contributed by atoms with Crippen LogP contribution in [0.3, 0.4) is 0 Å². The van der Waals surface area contributed by atoms with Crippen LogP contribution in [-0.2, 0) is 4.79 Å². The van der Waals surface area contributed by atoms with Crippen LogP contribution in [0.25, 0.3) is 0 Å². The van der Waals surface area contributed by atoms with Crippen LogP contribution >= 0.6 is 0 Å². The molecule has 4 nitrogen and oxygen atoms in total. The molecular weight excluding hydrogens is 230 g/mol. The first-order chi connectivity index (χ1) is 8.76. The molecule has 1 amide bonds. The highest BCUT2D eigenvalue weighted by atomic mass is 16.5. The molecular formula is C14H17NO3. The summed E-state index contributed by atoms with van der Waals surface area (Å²) >= 11 is 0. The van der Waals surface area contributed by atoms with E-state index in [0.717, 1.165) is 19.1 Å². The summed E-state index contributed by atoms with van der Waals surface area (Å²) in [5, 5.41) is 2.69. The lowest BCUT2D eigenvalue weighted by Crippen LogP contribution is -2.22. The van der Waals surface area contributed by atoms with E-state index in [-0.39, 0.29) is 5.91 Å². The van der Waals surface area contributed by atoms with Gasteiger partial charge in [0.05, 0.1) is 6.61 Å². The smallest absolute Gasteiger partial charge is 0.243 e. The van der Waals surface area contributed by atoms with E-state index in [1.807, 2.05) is 6.07 Å². The van der Waals surface area contributed by atoms with Gasteiger partial charge in [-0.3, -0.25) is 9.59 Å². The van der Waals surface area contributed by atoms with Crippen molar-refractivity contribution in [3.05, 3.63) is 42.5 Å². The second-order valence-electron chi connectivity index (χ2n) is 3.74. The molecule has 1 aromatic carbocycles. The van der Waals surface area contributed by atoms with Crippen LogP contribution < -0.4 is 10.1 Å². The zero-order valence-corrected chi connectivity index (χ0v) is 10.2. The molecule has 1 rings (SSSR count). The summed E-state index contributed by atoms with van der Waals surface area (Å²) in [7, 11) is 0. The number of unbranched alkanes of at least 4 members (excludes halogenated alkanes) is 1. The van der Waals surface area contributed by atoms with Gasteiger partial charge in [0.25, 0.3) is 0 Å². The minimum absolute atomic E-state index is 0.158. The van der Waals surface area contributed by atoms with Gasteiger partial charge in [-0.1, -0.05) is 18.7 Å². The minimum Gasteiger partial charge on any atom is -0.494 e. The topological polar surface area (TPSA) is 55.4 Å². The summed E-state index contributed by atoms with van der Waals surface area (Å²) < 4.78 is 5.49. The Labute approximate surface area is 107 Å². The maximum atomic E-state index is 10.8. The first-order valence-electron chi connectivity index (χ1n) is 5.84. The van der Waals surface area contributed by atoms with Gasteiger partial charge in [-0.15, -0.1) is 0 Å². The van der Waals surface area contributed by atoms with Crippen molar-refractivity contribution in [3.63, 3.8) is 0 Å². The van der Waals surface area contributed by atoms with Crippen molar-refractivity contribution in [2.24, 2.45) is 0 Å². The molecule has 0 fully saturated rings. The normalized spacial score (nSPS) is 9.56. The third-order valence-corrected chi connectivity index (χ3v) is 2.32. The monoisotopic (exact) mass is 247 g/mol. The summed E-state index contributed by atoms with van der Waals surface area (Å²) in [6.07, 6.45) is 3.72. The molecule has 0 heterocycles. The van der Waals surface area contributed by atoms with E-state index in [0.29, 0.717) is 24.5 Å². The van der Waals surface area contributed by atoms with E-state index in [4.69, 9.17) is 4.74 Å². The standard InChI is InChI=1S/C14H17NO3/c1-2-14(17)15-8-3-4-9-18-13-7-5-6-12(10-13)11-16/h2,5-7,10-11H,1,3-4,8-9H2,(H,15,17). The molecule has 18 heavy (non-hydrogen) atoms. The lowest BCUT2D eigenvalue weighted by atomic mass is 10.2. The SMILES string of the molecule is C=CC(=O)NCCCCOc1cccc(C=O)c1. The second kappa shape index (κ2) is 8.06. The van der Waals surface area contributed by atoms with Crippen molar-refractivity contribution in [1.82, 2.24) is 5.32 Å². The van der Waals surface area contributed by atoms with Crippen molar-refractivity contribution >= 4 is 12.2 Å². The molecule has 0 spiro atoms. The Morgan fingerprint density at radius 1 is 1.39 bits per heavy atom. The van der Waals surface area contributed by atoms with E-state index in [1.165, 1.54) is 6.08 Å². The zero-order chi connectivity index (χ0) is 13.2. The van der Waals surface area contributed by atoms with E-state index in [1.54, 1.807) is 18.2 Å². The number of hydrogen-bond acceptors (Lipinski definition) is 3. The number of benzene rings is 1. The average Bonchev–Trinajstić information content (AvgIpc) is 2.42. The fraction of sp³-hybridized carbons (Fsp3) is 0.286. The molecule has 0 saturated carbocycles. The number of ether oxygens (including phenoxy) is 1. The molecule has 0 radical (unpaired) electrons. The Hall–Kier alpha value is -2.10. The zero-order valence-electron chi connectivity index (χ0n) is 10.2. The van der Waals surface area contributed by atoms with E-state index in [9.17, 15) is 9.59 Å². The molecule has 0 atom stereocenters. The Kier molecular flexibility index (Phi) is 6.25. The molecule has 0 unspecified atom stereocenters. The maximum Gasteiger partial charge on any atom is 0.243 e. The van der Waals surface area contributed by atoms with Crippen LogP contribution in [-0.4, -0.2) is 25.3 Å². The largest absolute Gasteiger partial charge is 0.494 e. The van der Waals surface area contributed by atoms with E-state index in [2.05, 4.69) is 11.9 Å². The Bertz CT molecular complexity index is 415. The van der Waals surface area contributed by atoms with Crippen LogP contribution in [0.15, 0.2) is 36.9 Å². The van der Waals surface area contributed by atoms with Crippen molar-refractivity contribution in [1.29, 1.82) is 0 Å². The lowest BCUT2D eigenvalue weighted by molar-refractivity contribution is -0.116. The number of hydrogen-bond donors (Lipinski definition) is 1. The third-order valence-electron chi connectivity index (χ3n) is 2.32. The van der Waals surface area contributed by atoms with Crippen LogP contribution in [0.2, 0.25) is 0 Å². The van der Waals surface area contributed by atoms with Crippen molar-refractivity contribution in [2.75, 3.05) is 13.2 Å². The summed E-state index contributed by atoms with van der Waals surface area (Å²) in [6, 6.07) is 7.02. The van der Waals surface area contributed by atoms with Gasteiger partial charge in [0.15, 0.2) is 0 Å². The predicted octanol–water partition coefficient (Wildman–Crippen LogP) is 1.96. The molecule has 1 aromatic rings. The van der Waals surface area contributed by atoms with E-state index < -0.39 is 0 Å². The van der Waals surface area contributed by atoms with Crippen LogP contribution in [0.4, 0.5) is 0 Å². The van der Waals surface area contributed by atoms with Crippen molar-refractivity contribution in [3.8, 4) is 5.75 Å². The van der Waals surface area contributed by atoms with Gasteiger partial charge in [0, 0.05) is 12.1 Å². The number of carbonyl (C=O) groups is 2. The second-order valence-corrected chi connectivity index (χ2v) is 3.74. The summed E-state index contributed by atoms with van der Waals surface area (Å²) in [4.78, 5) is 21.4. The Morgan fingerprint density at radius 2 is 2.22 bits per heavy atom. The van der Waals surface area contributed by atoms with Gasteiger partial charge in [-0.05, 0) is 31.1 Å². The third kappa shape index (κ3) is 5.30. The van der Waals surface area contributed by atoms with Gasteiger partial charge in [-0.25, -0.2) is 0 Å². The highest BCUT2D eigenvalue weighted by Crippen LogP contribution is 2.12. The van der Waals surface area contributed by atoms with Crippen LogP contribution in [0.5, 0.6) is 5.75 Å². The molecule has 96 valence electrons. The summed E-state index contributed by atoms with van der Waals surface area (Å²) in [6.45, 7) is 4.54. The number of aldehydes is 1. The van der Waals surface area contributed by atoms with Crippen LogP contribution in [0.1, 0.15) is 23.2 Å². The molecule has 0 aliphatic carbocycles. The Morgan fingerprint density at radius 3 is 2.94 bits per heavy atom. The molecule has 0 bridgehead atoms. The van der Waals surface area contributed by atoms with Crippen molar-refractivity contribution < 1.29 is 14.3 Å². The molecule has 0 aromatic heterocycles. The number of rotatable bonds is 8. The van der Waals surface area contributed by atoms with Gasteiger partial charge in [-0.2, -0.15) is 0 Å². The van der Waals surface area contributed by atoms with Crippen LogP contribution in [0, 0.1) is 0 Å². The van der Waals surface area contributed by atoms with Crippen molar-refractivity contribution in [2.45, 2.75) is 12.8 Å². The quantitative estimate of drug-likeness (QED) is 0.434. The highest BCUT2D eigenvalue weighted by molar-refractivity contribution is 5.86. The first-order valence-corrected chi connectivity index (χ1v) is 5.84. The summed E-state index contributed by atoms with van der Waals surface area (Å²) in [5.74, 6) is 0.532.